The Labute approximate surface area is 176 Å². The van der Waals surface area contributed by atoms with Gasteiger partial charge in [0.2, 0.25) is 0 Å². The average Bonchev–Trinajstić information content (AvgIpc) is 2.74. The molecule has 2 aromatic rings. The van der Waals surface area contributed by atoms with Crippen molar-refractivity contribution in [3.63, 3.8) is 0 Å². The van der Waals surface area contributed by atoms with Gasteiger partial charge in [-0.05, 0) is 11.1 Å². The van der Waals surface area contributed by atoms with E-state index in [2.05, 4.69) is 5.32 Å². The summed E-state index contributed by atoms with van der Waals surface area (Å²) in [6.45, 7) is -0.529. The summed E-state index contributed by atoms with van der Waals surface area (Å²) in [4.78, 5) is 36.6. The number of rotatable bonds is 8. The second kappa shape index (κ2) is 10.5. The molecular weight excluding hydrogens is 415 g/mol. The van der Waals surface area contributed by atoms with Gasteiger partial charge in [0, 0.05) is 20.0 Å². The molecule has 3 N–H and O–H groups in total. The Balaban J connectivity index is 2.15. The second-order valence-electron chi connectivity index (χ2n) is 6.78. The standard InChI is InChI=1S/C21H22F3N3O4/c1-27(17(18(28)29)12-14-8-4-2-5-9-14)20(31)26-16(15-10-6-3-7-11-15)13-25-19(30)21(22,23)24/h2-11,16-17H,12-13H2,1H3,(H,25,30)(H,26,31)(H,28,29). The number of amides is 3. The van der Waals surface area contributed by atoms with E-state index in [-0.39, 0.29) is 6.42 Å². The van der Waals surface area contributed by atoms with Crippen LogP contribution < -0.4 is 10.6 Å². The SMILES string of the molecule is CN(C(=O)NC(CNC(=O)C(F)(F)F)c1ccccc1)C(Cc1ccccc1)C(=O)O. The lowest BCUT2D eigenvalue weighted by molar-refractivity contribution is -0.173. The molecule has 166 valence electrons. The Bertz CT molecular complexity index is 892. The van der Waals surface area contributed by atoms with Gasteiger partial charge in [-0.1, -0.05) is 60.7 Å². The van der Waals surface area contributed by atoms with Crippen LogP contribution in [0.1, 0.15) is 17.2 Å². The molecule has 2 unspecified atom stereocenters. The third-order valence-electron chi connectivity index (χ3n) is 4.57. The highest BCUT2D eigenvalue weighted by molar-refractivity contribution is 5.83. The van der Waals surface area contributed by atoms with Crippen LogP contribution in [0.5, 0.6) is 0 Å². The lowest BCUT2D eigenvalue weighted by Crippen LogP contribution is -2.51. The zero-order valence-electron chi connectivity index (χ0n) is 16.6. The number of urea groups is 1. The number of carbonyl (C=O) groups is 3. The minimum absolute atomic E-state index is 0.0426. The molecule has 0 aliphatic rings. The Hall–Kier alpha value is -3.56. The van der Waals surface area contributed by atoms with Crippen LogP contribution in [-0.2, 0) is 16.0 Å². The van der Waals surface area contributed by atoms with E-state index in [1.165, 1.54) is 7.05 Å². The maximum atomic E-state index is 12.7. The Morgan fingerprint density at radius 3 is 2.06 bits per heavy atom. The minimum Gasteiger partial charge on any atom is -0.480 e. The number of nitrogens with one attached hydrogen (secondary N) is 2. The minimum atomic E-state index is -5.06. The maximum Gasteiger partial charge on any atom is 0.471 e. The van der Waals surface area contributed by atoms with Gasteiger partial charge in [-0.15, -0.1) is 0 Å². The molecule has 31 heavy (non-hydrogen) atoms. The van der Waals surface area contributed by atoms with Crippen LogP contribution in [0, 0.1) is 0 Å². The van der Waals surface area contributed by atoms with Gasteiger partial charge in [-0.3, -0.25) is 4.79 Å². The van der Waals surface area contributed by atoms with Crippen molar-refractivity contribution in [2.24, 2.45) is 0 Å². The van der Waals surface area contributed by atoms with E-state index in [1.807, 2.05) is 0 Å². The van der Waals surface area contributed by atoms with E-state index in [9.17, 15) is 32.7 Å². The lowest BCUT2D eigenvalue weighted by Gasteiger charge is -2.28. The zero-order chi connectivity index (χ0) is 23.0. The monoisotopic (exact) mass is 437 g/mol. The van der Waals surface area contributed by atoms with E-state index < -0.39 is 42.7 Å². The number of aliphatic carboxylic acids is 1. The molecule has 0 fully saturated rings. The van der Waals surface area contributed by atoms with Gasteiger partial charge in [0.25, 0.3) is 0 Å². The number of halogens is 3. The van der Waals surface area contributed by atoms with Crippen molar-refractivity contribution in [1.29, 1.82) is 0 Å². The van der Waals surface area contributed by atoms with Gasteiger partial charge >= 0.3 is 24.1 Å². The van der Waals surface area contributed by atoms with Gasteiger partial charge < -0.3 is 20.6 Å². The summed E-state index contributed by atoms with van der Waals surface area (Å²) < 4.78 is 37.6. The third-order valence-corrected chi connectivity index (χ3v) is 4.57. The zero-order valence-corrected chi connectivity index (χ0v) is 16.6. The first kappa shape index (κ1) is 23.7. The number of nitrogens with zero attached hydrogens (tertiary/aromatic N) is 1. The molecule has 0 heterocycles. The summed E-state index contributed by atoms with van der Waals surface area (Å²) in [5.41, 5.74) is 1.15. The molecule has 7 nitrogen and oxygen atoms in total. The second-order valence-corrected chi connectivity index (χ2v) is 6.78. The molecule has 0 bridgehead atoms. The third kappa shape index (κ3) is 7.02. The van der Waals surface area contributed by atoms with Crippen LogP contribution in [0.4, 0.5) is 18.0 Å². The largest absolute Gasteiger partial charge is 0.480 e. The fourth-order valence-corrected chi connectivity index (χ4v) is 2.85. The van der Waals surface area contributed by atoms with E-state index in [0.29, 0.717) is 11.1 Å². The quantitative estimate of drug-likeness (QED) is 0.592. The molecule has 2 aromatic carbocycles. The van der Waals surface area contributed by atoms with Crippen molar-refractivity contribution in [2.75, 3.05) is 13.6 Å². The molecule has 0 aliphatic heterocycles. The van der Waals surface area contributed by atoms with E-state index in [1.54, 1.807) is 66.0 Å². The van der Waals surface area contributed by atoms with Crippen molar-refractivity contribution in [3.8, 4) is 0 Å². The number of carboxylic acids is 1. The van der Waals surface area contributed by atoms with Crippen LogP contribution in [-0.4, -0.2) is 53.7 Å². The molecule has 3 amide bonds. The first-order chi connectivity index (χ1) is 14.6. The van der Waals surface area contributed by atoms with Crippen molar-refractivity contribution >= 4 is 17.9 Å². The fourth-order valence-electron chi connectivity index (χ4n) is 2.85. The highest BCUT2D eigenvalue weighted by Gasteiger charge is 2.39. The number of hydrogen-bond acceptors (Lipinski definition) is 3. The Kier molecular flexibility index (Phi) is 8.00. The van der Waals surface area contributed by atoms with Gasteiger partial charge in [-0.25, -0.2) is 9.59 Å². The number of carboxylic acid groups (broad SMARTS) is 1. The highest BCUT2D eigenvalue weighted by atomic mass is 19.4. The van der Waals surface area contributed by atoms with Gasteiger partial charge in [-0.2, -0.15) is 13.2 Å². The first-order valence-corrected chi connectivity index (χ1v) is 9.29. The van der Waals surface area contributed by atoms with E-state index in [0.717, 1.165) is 4.90 Å². The number of alkyl halides is 3. The normalized spacial score (nSPS) is 13.0. The summed E-state index contributed by atoms with van der Waals surface area (Å²) >= 11 is 0. The summed E-state index contributed by atoms with van der Waals surface area (Å²) in [6.07, 6.45) is -5.02. The fraction of sp³-hybridized carbons (Fsp3) is 0.286. The topological polar surface area (TPSA) is 98.7 Å². The molecule has 0 saturated heterocycles. The molecule has 2 rings (SSSR count). The Morgan fingerprint density at radius 1 is 1.00 bits per heavy atom. The van der Waals surface area contributed by atoms with Gasteiger partial charge in [0.15, 0.2) is 0 Å². The molecule has 0 aliphatic carbocycles. The van der Waals surface area contributed by atoms with Crippen LogP contribution in [0.2, 0.25) is 0 Å². The average molecular weight is 437 g/mol. The molecule has 0 spiro atoms. The summed E-state index contributed by atoms with van der Waals surface area (Å²) in [5, 5.41) is 13.8. The van der Waals surface area contributed by atoms with Crippen LogP contribution in [0.3, 0.4) is 0 Å². The molecule has 10 heteroatoms. The van der Waals surface area contributed by atoms with Crippen LogP contribution in [0.15, 0.2) is 60.7 Å². The molecule has 2 atom stereocenters. The highest BCUT2D eigenvalue weighted by Crippen LogP contribution is 2.17. The smallest absolute Gasteiger partial charge is 0.471 e. The maximum absolute atomic E-state index is 12.7. The van der Waals surface area contributed by atoms with E-state index in [4.69, 9.17) is 0 Å². The van der Waals surface area contributed by atoms with Gasteiger partial charge in [0.1, 0.15) is 6.04 Å². The number of hydrogen-bond donors (Lipinski definition) is 3. The molecule has 0 aromatic heterocycles. The van der Waals surface area contributed by atoms with Crippen LogP contribution >= 0.6 is 0 Å². The molecule has 0 radical (unpaired) electrons. The predicted molar refractivity (Wildman–Crippen MR) is 106 cm³/mol. The summed E-state index contributed by atoms with van der Waals surface area (Å²) in [7, 11) is 1.29. The Morgan fingerprint density at radius 2 is 1.55 bits per heavy atom. The predicted octanol–water partition coefficient (Wildman–Crippen LogP) is 2.74. The lowest BCUT2D eigenvalue weighted by atomic mass is 10.0. The van der Waals surface area contributed by atoms with E-state index >= 15 is 0 Å². The van der Waals surface area contributed by atoms with Crippen molar-refractivity contribution in [2.45, 2.75) is 24.7 Å². The number of benzene rings is 2. The number of likely N-dealkylation sites (N-methyl/N-ethyl adjacent to an activating group) is 1. The molecule has 0 saturated carbocycles. The number of carbonyl (C=O) groups excluding carboxylic acids is 2. The van der Waals surface area contributed by atoms with Gasteiger partial charge in [0.05, 0.1) is 6.04 Å². The molecular formula is C21H22F3N3O4. The van der Waals surface area contributed by atoms with Crippen molar-refractivity contribution in [1.82, 2.24) is 15.5 Å². The summed E-state index contributed by atoms with van der Waals surface area (Å²) in [6, 6.07) is 13.8. The van der Waals surface area contributed by atoms with Crippen molar-refractivity contribution < 1.29 is 32.7 Å². The van der Waals surface area contributed by atoms with Crippen LogP contribution in [0.25, 0.3) is 0 Å². The first-order valence-electron chi connectivity index (χ1n) is 9.29. The summed E-state index contributed by atoms with van der Waals surface area (Å²) in [5.74, 6) is -3.37. The van der Waals surface area contributed by atoms with Crippen molar-refractivity contribution in [3.05, 3.63) is 71.8 Å².